The van der Waals surface area contributed by atoms with Crippen molar-refractivity contribution in [2.24, 2.45) is 5.92 Å². The van der Waals surface area contributed by atoms with Gasteiger partial charge in [-0.15, -0.1) is 0 Å². The number of hydrogen-bond acceptors (Lipinski definition) is 5. The molecule has 0 fully saturated rings. The average molecular weight is 606 g/mol. The number of hydrogen-bond donors (Lipinski definition) is 1. The van der Waals surface area contributed by atoms with Gasteiger partial charge in [-0.2, -0.15) is 0 Å². The van der Waals surface area contributed by atoms with Crippen LogP contribution in [0.25, 0.3) is 0 Å². The van der Waals surface area contributed by atoms with Gasteiger partial charge in [0.15, 0.2) is 0 Å². The summed E-state index contributed by atoms with van der Waals surface area (Å²) in [5, 5.41) is 2.83. The largest absolute Gasteiger partial charge is 0.461 e. The van der Waals surface area contributed by atoms with Gasteiger partial charge in [0, 0.05) is 25.8 Å². The highest BCUT2D eigenvalue weighted by molar-refractivity contribution is 5.78. The Hall–Kier alpha value is -2.11. The molecule has 6 heteroatoms. The van der Waals surface area contributed by atoms with E-state index in [2.05, 4.69) is 31.3 Å². The summed E-state index contributed by atoms with van der Waals surface area (Å²) in [6.45, 7) is 5.20. The molecule has 6 nitrogen and oxygen atoms in total. The van der Waals surface area contributed by atoms with Crippen LogP contribution >= 0.6 is 0 Å². The molecule has 0 bridgehead atoms. The smallest absolute Gasteiger partial charge is 0.306 e. The van der Waals surface area contributed by atoms with E-state index in [0.29, 0.717) is 26.1 Å². The van der Waals surface area contributed by atoms with Crippen molar-refractivity contribution in [3.63, 3.8) is 0 Å². The van der Waals surface area contributed by atoms with Crippen molar-refractivity contribution in [3.8, 4) is 0 Å². The van der Waals surface area contributed by atoms with Gasteiger partial charge in [0.2, 0.25) is 5.91 Å². The maximum Gasteiger partial charge on any atom is 0.306 e. The Kier molecular flexibility index (Phi) is 31.2. The van der Waals surface area contributed by atoms with Gasteiger partial charge in [-0.3, -0.25) is 14.4 Å². The third-order valence-corrected chi connectivity index (χ3v) is 7.95. The Labute approximate surface area is 265 Å². The highest BCUT2D eigenvalue weighted by Crippen LogP contribution is 2.20. The quantitative estimate of drug-likeness (QED) is 0.0483. The highest BCUT2D eigenvalue weighted by atomic mass is 16.5. The summed E-state index contributed by atoms with van der Waals surface area (Å²) in [5.41, 5.74) is 0. The molecule has 0 saturated heterocycles. The lowest BCUT2D eigenvalue weighted by Crippen LogP contribution is -2.27. The number of ether oxygens (including phenoxy) is 2. The molecule has 0 saturated carbocycles. The van der Waals surface area contributed by atoms with E-state index in [1.807, 2.05) is 12.2 Å². The van der Waals surface area contributed by atoms with Crippen LogP contribution in [0.2, 0.25) is 0 Å². The van der Waals surface area contributed by atoms with Crippen molar-refractivity contribution >= 4 is 17.8 Å². The normalized spacial score (nSPS) is 11.5. The van der Waals surface area contributed by atoms with Crippen LogP contribution in [0.5, 0.6) is 0 Å². The van der Waals surface area contributed by atoms with E-state index in [0.717, 1.165) is 89.9 Å². The van der Waals surface area contributed by atoms with Crippen LogP contribution in [0.4, 0.5) is 0 Å². The molecule has 0 aromatic carbocycles. The number of rotatable bonds is 31. The monoisotopic (exact) mass is 606 g/mol. The Morgan fingerprint density at radius 3 is 1.35 bits per heavy atom. The summed E-state index contributed by atoms with van der Waals surface area (Å²) in [5.74, 6) is 0.0165. The lowest BCUT2D eigenvalue weighted by Gasteiger charge is -2.15. The zero-order valence-electron chi connectivity index (χ0n) is 28.3. The third kappa shape index (κ3) is 29.7. The molecule has 0 atom stereocenters. The Morgan fingerprint density at radius 1 is 0.535 bits per heavy atom. The summed E-state index contributed by atoms with van der Waals surface area (Å²) in [7, 11) is 1.72. The second-order valence-corrected chi connectivity index (χ2v) is 11.9. The van der Waals surface area contributed by atoms with E-state index in [4.69, 9.17) is 9.47 Å². The molecular weight excluding hydrogens is 538 g/mol. The zero-order valence-corrected chi connectivity index (χ0v) is 28.3. The van der Waals surface area contributed by atoms with E-state index in [-0.39, 0.29) is 23.8 Å². The van der Waals surface area contributed by atoms with Gasteiger partial charge < -0.3 is 14.8 Å². The molecule has 0 aliphatic carbocycles. The molecule has 1 amide bonds. The summed E-state index contributed by atoms with van der Waals surface area (Å²) in [4.78, 5) is 36.1. The number of amides is 1. The maximum absolute atomic E-state index is 12.3. The molecule has 0 spiro atoms. The van der Waals surface area contributed by atoms with Crippen molar-refractivity contribution in [2.75, 3.05) is 20.3 Å². The summed E-state index contributed by atoms with van der Waals surface area (Å²) >= 11 is 0. The standard InChI is InChI=1S/C37H67NO5/c1-4-6-8-10-12-20-26-32-42-35(39)30-24-18-14-16-22-28-34(37(41)38-3)29-23-17-15-19-25-31-36(40)43-33-27-21-13-11-9-7-5-2/h20-21,26-27,34H,4-19,22-25,28-33H2,1-3H3,(H,38,41)/b26-20-,27-21-. The highest BCUT2D eigenvalue weighted by Gasteiger charge is 2.16. The number of unbranched alkanes of at least 4 members (excludes halogenated alkanes) is 16. The van der Waals surface area contributed by atoms with E-state index in [9.17, 15) is 14.4 Å². The summed E-state index contributed by atoms with van der Waals surface area (Å²) in [6.07, 6.45) is 33.4. The fourth-order valence-electron chi connectivity index (χ4n) is 5.17. The maximum atomic E-state index is 12.3. The first-order valence-corrected chi connectivity index (χ1v) is 17.9. The molecule has 0 unspecified atom stereocenters. The molecule has 0 aliphatic rings. The average Bonchev–Trinajstić information content (AvgIpc) is 3.01. The molecule has 1 N–H and O–H groups in total. The molecule has 0 aromatic rings. The second-order valence-electron chi connectivity index (χ2n) is 11.9. The van der Waals surface area contributed by atoms with Crippen LogP contribution in [0, 0.1) is 5.92 Å². The Balaban J connectivity index is 3.75. The van der Waals surface area contributed by atoms with Gasteiger partial charge in [0.1, 0.15) is 13.2 Å². The Bertz CT molecular complexity index is 666. The van der Waals surface area contributed by atoms with Crippen LogP contribution in [-0.2, 0) is 23.9 Å². The van der Waals surface area contributed by atoms with Gasteiger partial charge in [-0.1, -0.05) is 128 Å². The van der Waals surface area contributed by atoms with Crippen LogP contribution in [0.15, 0.2) is 24.3 Å². The van der Waals surface area contributed by atoms with Crippen LogP contribution < -0.4 is 5.32 Å². The van der Waals surface area contributed by atoms with Crippen molar-refractivity contribution < 1.29 is 23.9 Å². The molecule has 0 aromatic heterocycles. The van der Waals surface area contributed by atoms with Crippen molar-refractivity contribution in [3.05, 3.63) is 24.3 Å². The first kappa shape index (κ1) is 40.9. The first-order chi connectivity index (χ1) is 21.0. The van der Waals surface area contributed by atoms with E-state index in [1.165, 1.54) is 51.4 Å². The van der Waals surface area contributed by atoms with Crippen molar-refractivity contribution in [2.45, 2.75) is 168 Å². The van der Waals surface area contributed by atoms with Crippen LogP contribution in [-0.4, -0.2) is 38.1 Å². The SMILES string of the molecule is CCCCCC/C=C\COC(=O)CCCCCCCC(CCCCCCCC(=O)OC/C=C\CCCCCC)C(=O)NC. The van der Waals surface area contributed by atoms with Crippen molar-refractivity contribution in [1.82, 2.24) is 5.32 Å². The summed E-state index contributed by atoms with van der Waals surface area (Å²) < 4.78 is 10.6. The Morgan fingerprint density at radius 2 is 0.930 bits per heavy atom. The minimum Gasteiger partial charge on any atom is -0.461 e. The first-order valence-electron chi connectivity index (χ1n) is 17.9. The molecule has 0 rings (SSSR count). The lowest BCUT2D eigenvalue weighted by atomic mass is 9.93. The van der Waals surface area contributed by atoms with E-state index in [1.54, 1.807) is 7.05 Å². The number of nitrogens with one attached hydrogen (secondary N) is 1. The lowest BCUT2D eigenvalue weighted by molar-refractivity contribution is -0.143. The molecular formula is C37H67NO5. The van der Waals surface area contributed by atoms with Gasteiger partial charge >= 0.3 is 11.9 Å². The third-order valence-electron chi connectivity index (χ3n) is 7.95. The van der Waals surface area contributed by atoms with Gasteiger partial charge in [-0.25, -0.2) is 0 Å². The van der Waals surface area contributed by atoms with E-state index >= 15 is 0 Å². The number of carbonyl (C=O) groups is 3. The molecule has 250 valence electrons. The second kappa shape index (κ2) is 32.8. The minimum atomic E-state index is -0.105. The minimum absolute atomic E-state index is 0.0781. The predicted molar refractivity (Wildman–Crippen MR) is 180 cm³/mol. The predicted octanol–water partition coefficient (Wildman–Crippen LogP) is 9.95. The fourth-order valence-corrected chi connectivity index (χ4v) is 5.17. The zero-order chi connectivity index (χ0) is 31.6. The molecule has 0 radical (unpaired) electrons. The topological polar surface area (TPSA) is 81.7 Å². The summed E-state index contributed by atoms with van der Waals surface area (Å²) in [6, 6.07) is 0. The number of allylic oxidation sites excluding steroid dienone is 2. The van der Waals surface area contributed by atoms with Gasteiger partial charge in [-0.05, 0) is 51.4 Å². The molecule has 43 heavy (non-hydrogen) atoms. The van der Waals surface area contributed by atoms with Crippen molar-refractivity contribution in [1.29, 1.82) is 0 Å². The van der Waals surface area contributed by atoms with Gasteiger partial charge in [0.25, 0.3) is 0 Å². The molecule has 0 heterocycles. The van der Waals surface area contributed by atoms with E-state index < -0.39 is 0 Å². The number of carbonyl (C=O) groups excluding carboxylic acids is 3. The number of esters is 2. The van der Waals surface area contributed by atoms with Gasteiger partial charge in [0.05, 0.1) is 0 Å². The molecule has 0 aliphatic heterocycles. The van der Waals surface area contributed by atoms with Crippen LogP contribution in [0.3, 0.4) is 0 Å². The van der Waals surface area contributed by atoms with Crippen LogP contribution in [0.1, 0.15) is 168 Å². The fraction of sp³-hybridized carbons (Fsp3) is 0.811.